The first-order chi connectivity index (χ1) is 27.0. The van der Waals surface area contributed by atoms with E-state index in [1.54, 1.807) is 23.1 Å². The molecule has 0 bridgehead atoms. The Hall–Kier alpha value is -6.25. The minimum Gasteiger partial charge on any atom is -0.371 e. The van der Waals surface area contributed by atoms with Crippen LogP contribution in [-0.2, 0) is 14.4 Å². The minimum absolute atomic E-state index is 0.0418. The monoisotopic (exact) mass is 761 g/mol. The van der Waals surface area contributed by atoms with Crippen molar-refractivity contribution < 1.29 is 37.3 Å². The van der Waals surface area contributed by atoms with E-state index in [9.17, 15) is 32.8 Å². The van der Waals surface area contributed by atoms with Gasteiger partial charge in [-0.3, -0.25) is 34.2 Å². The summed E-state index contributed by atoms with van der Waals surface area (Å²) in [6.45, 7) is 4.92. The molecule has 5 aromatic rings. The summed E-state index contributed by atoms with van der Waals surface area (Å²) in [5.74, 6) is -3.10. The Labute approximate surface area is 319 Å². The van der Waals surface area contributed by atoms with Crippen LogP contribution in [0.15, 0.2) is 59.1 Å². The van der Waals surface area contributed by atoms with Crippen molar-refractivity contribution in [2.24, 2.45) is 0 Å². The highest BCUT2D eigenvalue weighted by molar-refractivity contribution is 6.23. The number of benzene rings is 3. The van der Waals surface area contributed by atoms with E-state index in [0.29, 0.717) is 55.9 Å². The maximum Gasteiger partial charge on any atom is 0.262 e. The van der Waals surface area contributed by atoms with Crippen molar-refractivity contribution >= 4 is 51.9 Å². The number of aromatic nitrogens is 3. The molecule has 13 nitrogen and oxygen atoms in total. The van der Waals surface area contributed by atoms with Crippen LogP contribution < -0.4 is 15.1 Å². The Morgan fingerprint density at radius 2 is 1.54 bits per heavy atom. The van der Waals surface area contributed by atoms with Gasteiger partial charge in [0.05, 0.1) is 33.9 Å². The summed E-state index contributed by atoms with van der Waals surface area (Å²) >= 11 is 0. The van der Waals surface area contributed by atoms with Gasteiger partial charge >= 0.3 is 0 Å². The van der Waals surface area contributed by atoms with Gasteiger partial charge in [0.2, 0.25) is 17.7 Å². The number of aryl methyl sites for hydroxylation is 2. The third-order valence-corrected chi connectivity index (χ3v) is 11.6. The van der Waals surface area contributed by atoms with Crippen LogP contribution in [-0.4, -0.2) is 68.3 Å². The molecule has 3 fully saturated rings. The maximum absolute atomic E-state index is 14.6. The molecule has 56 heavy (non-hydrogen) atoms. The molecule has 2 aromatic heterocycles. The molecule has 0 spiro atoms. The van der Waals surface area contributed by atoms with Gasteiger partial charge in [0.25, 0.3) is 11.8 Å². The van der Waals surface area contributed by atoms with Crippen molar-refractivity contribution in [3.63, 3.8) is 0 Å². The number of anilines is 2. The molecule has 5 amide bonds. The second kappa shape index (κ2) is 13.5. The van der Waals surface area contributed by atoms with Crippen LogP contribution in [0.3, 0.4) is 0 Å². The highest BCUT2D eigenvalue weighted by atomic mass is 19.2. The number of fused-ring (bicyclic) bond motifs is 2. The Morgan fingerprint density at radius 3 is 2.27 bits per heavy atom. The number of imide groups is 2. The highest BCUT2D eigenvalue weighted by Gasteiger charge is 2.45. The number of halogens is 2. The van der Waals surface area contributed by atoms with E-state index in [1.807, 2.05) is 32.0 Å². The average Bonchev–Trinajstić information content (AvgIpc) is 3.82. The van der Waals surface area contributed by atoms with Gasteiger partial charge in [-0.15, -0.1) is 0 Å². The molecular formula is C41H37F2N7O6. The van der Waals surface area contributed by atoms with Crippen LogP contribution in [0.4, 0.5) is 20.2 Å². The number of carbonyl (C=O) groups is 5. The number of imidazole rings is 1. The smallest absolute Gasteiger partial charge is 0.262 e. The topological polar surface area (TPSA) is 151 Å². The van der Waals surface area contributed by atoms with Crippen molar-refractivity contribution in [3.05, 3.63) is 94.6 Å². The van der Waals surface area contributed by atoms with E-state index in [0.717, 1.165) is 45.1 Å². The van der Waals surface area contributed by atoms with E-state index in [2.05, 4.69) is 19.9 Å². The second-order valence-electron chi connectivity index (χ2n) is 14.9. The molecule has 4 aliphatic rings. The number of rotatable bonds is 6. The molecule has 2 atom stereocenters. The zero-order valence-corrected chi connectivity index (χ0v) is 30.7. The predicted molar refractivity (Wildman–Crippen MR) is 199 cm³/mol. The van der Waals surface area contributed by atoms with Gasteiger partial charge in [0.1, 0.15) is 17.6 Å². The zero-order chi connectivity index (χ0) is 39.0. The first kappa shape index (κ1) is 35.5. The van der Waals surface area contributed by atoms with Gasteiger partial charge in [-0.25, -0.2) is 13.8 Å². The quantitative estimate of drug-likeness (QED) is 0.203. The largest absolute Gasteiger partial charge is 0.371 e. The number of piperidine rings is 3. The maximum atomic E-state index is 14.6. The fourth-order valence-electron chi connectivity index (χ4n) is 8.90. The minimum atomic E-state index is -1.04. The average molecular weight is 762 g/mol. The number of carbonyl (C=O) groups excluding carboxylic acids is 5. The fraction of sp³-hybridized carbons (Fsp3) is 0.341. The fourth-order valence-corrected chi connectivity index (χ4v) is 8.90. The van der Waals surface area contributed by atoms with Crippen LogP contribution >= 0.6 is 0 Å². The third-order valence-electron chi connectivity index (χ3n) is 11.6. The number of amides is 5. The van der Waals surface area contributed by atoms with Gasteiger partial charge < -0.3 is 18.9 Å². The first-order valence-corrected chi connectivity index (χ1v) is 18.8. The predicted octanol–water partition coefficient (Wildman–Crippen LogP) is 6.09. The molecular weight excluding hydrogens is 724 g/mol. The number of nitrogens with one attached hydrogen (secondary N) is 1. The van der Waals surface area contributed by atoms with Gasteiger partial charge in [0, 0.05) is 55.0 Å². The van der Waals surface area contributed by atoms with Crippen LogP contribution in [0.5, 0.6) is 0 Å². The molecule has 1 N–H and O–H groups in total. The zero-order valence-electron chi connectivity index (χ0n) is 30.7. The third kappa shape index (κ3) is 5.75. The molecule has 0 saturated carbocycles. The van der Waals surface area contributed by atoms with Crippen LogP contribution in [0, 0.1) is 25.5 Å². The standard InChI is InChI=1S/C41H37F2N7O6/c1-21-37(22(2)56-46-21)23-6-11-32-31(18-23)44-38(33-4-3-5-36(52)48(33)26-8-10-29(42)30(43)20-26)49(32)24-14-16-47(17-15-24)25-7-9-27-28(19-25)41(55)50(40(27)54)34-12-13-35(51)45-39(34)53/h6-11,18-20,24,33-34H,3-5,12-17H2,1-2H3,(H,45,51,53)/t33-,34?/m0/s1. The second-order valence-corrected chi connectivity index (χ2v) is 14.9. The van der Waals surface area contributed by atoms with E-state index in [-0.39, 0.29) is 48.0 Å². The summed E-state index contributed by atoms with van der Waals surface area (Å²) in [5.41, 5.74) is 5.56. The lowest BCUT2D eigenvalue weighted by Crippen LogP contribution is -2.54. The lowest BCUT2D eigenvalue weighted by Gasteiger charge is -2.39. The summed E-state index contributed by atoms with van der Waals surface area (Å²) < 4.78 is 36.3. The van der Waals surface area contributed by atoms with Gasteiger partial charge in [-0.2, -0.15) is 0 Å². The Kier molecular flexibility index (Phi) is 8.54. The number of nitrogens with zero attached hydrogens (tertiary/aromatic N) is 6. The van der Waals surface area contributed by atoms with E-state index < -0.39 is 47.3 Å². The molecule has 6 heterocycles. The summed E-state index contributed by atoms with van der Waals surface area (Å²) in [6, 6.07) is 13.0. The molecule has 286 valence electrons. The molecule has 4 aliphatic heterocycles. The Balaban J connectivity index is 1.04. The lowest BCUT2D eigenvalue weighted by molar-refractivity contribution is -0.136. The van der Waals surface area contributed by atoms with Crippen molar-refractivity contribution in [2.75, 3.05) is 22.9 Å². The molecule has 15 heteroatoms. The summed E-state index contributed by atoms with van der Waals surface area (Å²) in [6.07, 6.45) is 2.91. The molecule has 1 unspecified atom stereocenters. The van der Waals surface area contributed by atoms with Crippen molar-refractivity contribution in [1.29, 1.82) is 0 Å². The molecule has 0 aliphatic carbocycles. The Bertz CT molecular complexity index is 2480. The number of hydrogen-bond donors (Lipinski definition) is 1. The van der Waals surface area contributed by atoms with Crippen molar-refractivity contribution in [3.8, 4) is 11.1 Å². The molecule has 0 radical (unpaired) electrons. The van der Waals surface area contributed by atoms with Gasteiger partial charge in [-0.05, 0) is 94.0 Å². The van der Waals surface area contributed by atoms with E-state index in [1.165, 1.54) is 6.07 Å². The first-order valence-electron chi connectivity index (χ1n) is 18.8. The van der Waals surface area contributed by atoms with Gasteiger partial charge in [-0.1, -0.05) is 11.2 Å². The van der Waals surface area contributed by atoms with Crippen LogP contribution in [0.2, 0.25) is 0 Å². The van der Waals surface area contributed by atoms with Crippen LogP contribution in [0.1, 0.15) is 95.0 Å². The summed E-state index contributed by atoms with van der Waals surface area (Å²) in [5, 5.41) is 6.35. The highest BCUT2D eigenvalue weighted by Crippen LogP contribution is 2.42. The lowest BCUT2D eigenvalue weighted by atomic mass is 9.97. The molecule has 3 aromatic carbocycles. The molecule has 3 saturated heterocycles. The normalized spacial score (nSPS) is 20.7. The Morgan fingerprint density at radius 1 is 0.768 bits per heavy atom. The van der Waals surface area contributed by atoms with Crippen LogP contribution in [0.25, 0.3) is 22.2 Å². The number of hydrogen-bond acceptors (Lipinski definition) is 9. The van der Waals surface area contributed by atoms with Crippen molar-refractivity contribution in [2.45, 2.75) is 76.9 Å². The summed E-state index contributed by atoms with van der Waals surface area (Å²) in [7, 11) is 0. The summed E-state index contributed by atoms with van der Waals surface area (Å²) in [4.78, 5) is 74.6. The van der Waals surface area contributed by atoms with E-state index in [4.69, 9.17) is 9.51 Å². The van der Waals surface area contributed by atoms with E-state index >= 15 is 0 Å². The van der Waals surface area contributed by atoms with Crippen molar-refractivity contribution in [1.82, 2.24) is 24.9 Å². The van der Waals surface area contributed by atoms with Gasteiger partial charge in [0.15, 0.2) is 11.6 Å². The SMILES string of the molecule is Cc1noc(C)c1-c1ccc2c(c1)nc([C@@H]1CCCC(=O)N1c1ccc(F)c(F)c1)n2C1CCN(c2ccc3c(c2)C(=O)N(C2CCC(=O)NC2=O)C3=O)CC1. The molecule has 9 rings (SSSR count).